The Labute approximate surface area is 245 Å². The van der Waals surface area contributed by atoms with E-state index in [1.807, 2.05) is 0 Å². The molecular weight excluding hydrogens is 490 g/mol. The van der Waals surface area contributed by atoms with E-state index < -0.39 is 0 Å². The molecule has 3 rings (SSSR count). The molecule has 0 fully saturated rings. The smallest absolute Gasteiger partial charge is 0.211 e. The maximum Gasteiger partial charge on any atom is 0.211 e. The Morgan fingerprint density at radius 1 is 0.500 bits per heavy atom. The lowest BCUT2D eigenvalue weighted by molar-refractivity contribution is -0.510. The van der Waals surface area contributed by atoms with Crippen molar-refractivity contribution in [1.82, 2.24) is 0 Å². The number of aromatic nitrogens is 1. The predicted octanol–water partition coefficient (Wildman–Crippen LogP) is 11.2. The summed E-state index contributed by atoms with van der Waals surface area (Å²) in [4.78, 5) is 0. The Balaban J connectivity index is 1.44. The molecule has 2 aromatic heterocycles. The molecule has 0 atom stereocenters. The molecule has 0 aliphatic rings. The first-order chi connectivity index (χ1) is 19.8. The van der Waals surface area contributed by atoms with Gasteiger partial charge in [0, 0.05) is 18.2 Å². The van der Waals surface area contributed by atoms with E-state index in [9.17, 15) is 0 Å². The average Bonchev–Trinajstić information content (AvgIpc) is 2.97. The molecule has 0 aliphatic heterocycles. The number of benzene rings is 1. The van der Waals surface area contributed by atoms with Crippen molar-refractivity contribution in [3.63, 3.8) is 0 Å². The summed E-state index contributed by atoms with van der Waals surface area (Å²) in [7, 11) is 0. The minimum Gasteiger partial charge on any atom is -0.490 e. The first-order valence-electron chi connectivity index (χ1n) is 16.9. The van der Waals surface area contributed by atoms with Crippen LogP contribution in [0.3, 0.4) is 0 Å². The molecule has 0 radical (unpaired) electrons. The second-order valence-corrected chi connectivity index (χ2v) is 11.8. The van der Waals surface area contributed by atoms with E-state index in [0.29, 0.717) is 0 Å². The maximum atomic E-state index is 6.35. The van der Waals surface area contributed by atoms with Gasteiger partial charge in [-0.2, -0.15) is 4.40 Å². The number of hydrogen-bond donors (Lipinski definition) is 0. The summed E-state index contributed by atoms with van der Waals surface area (Å²) in [5.74, 6) is 1.79. The van der Waals surface area contributed by atoms with E-state index in [-0.39, 0.29) is 0 Å². The zero-order valence-corrected chi connectivity index (χ0v) is 25.9. The third-order valence-electron chi connectivity index (χ3n) is 8.16. The summed E-state index contributed by atoms with van der Waals surface area (Å²) in [6.07, 6.45) is 31.1. The molecule has 40 heavy (non-hydrogen) atoms. The predicted molar refractivity (Wildman–Crippen MR) is 172 cm³/mol. The fraction of sp³-hybridized carbons (Fsp3) is 0.649. The van der Waals surface area contributed by atoms with Crippen LogP contribution in [-0.4, -0.2) is 13.2 Å². The van der Waals surface area contributed by atoms with Gasteiger partial charge in [0.15, 0.2) is 23.9 Å². The van der Waals surface area contributed by atoms with Gasteiger partial charge in [-0.05, 0) is 36.4 Å². The first-order valence-corrected chi connectivity index (χ1v) is 16.9. The lowest BCUT2D eigenvalue weighted by Crippen LogP contribution is -2.19. The van der Waals surface area contributed by atoms with Crippen molar-refractivity contribution in [2.24, 2.45) is 0 Å². The molecule has 1 aromatic carbocycles. The van der Waals surface area contributed by atoms with Crippen LogP contribution in [0.15, 0.2) is 48.8 Å². The van der Waals surface area contributed by atoms with Crippen molar-refractivity contribution in [1.29, 1.82) is 0 Å². The normalized spacial score (nSPS) is 11.4. The molecule has 0 saturated carbocycles. The fourth-order valence-electron chi connectivity index (χ4n) is 5.62. The van der Waals surface area contributed by atoms with Gasteiger partial charge in [-0.15, -0.1) is 0 Å². The highest BCUT2D eigenvalue weighted by Crippen LogP contribution is 2.33. The quantitative estimate of drug-likeness (QED) is 0.0631. The number of ether oxygens (including phenoxy) is 2. The number of fused-ring (bicyclic) bond motifs is 2. The van der Waals surface area contributed by atoms with Gasteiger partial charge in [-0.3, -0.25) is 0 Å². The largest absolute Gasteiger partial charge is 0.490 e. The molecule has 3 nitrogen and oxygen atoms in total. The third kappa shape index (κ3) is 12.5. The minimum atomic E-state index is 0.761. The monoisotopic (exact) mass is 548 g/mol. The third-order valence-corrected chi connectivity index (χ3v) is 8.16. The van der Waals surface area contributed by atoms with Crippen molar-refractivity contribution in [3.8, 4) is 11.5 Å². The first kappa shape index (κ1) is 32.2. The van der Waals surface area contributed by atoms with Crippen LogP contribution in [0.5, 0.6) is 11.5 Å². The highest BCUT2D eigenvalue weighted by atomic mass is 16.5. The summed E-state index contributed by atoms with van der Waals surface area (Å²) in [5, 5.41) is 2.39. The molecule has 222 valence electrons. The average molecular weight is 549 g/mol. The Hall–Kier alpha value is -2.29. The van der Waals surface area contributed by atoms with Gasteiger partial charge in [-0.1, -0.05) is 129 Å². The molecule has 0 N–H and O–H groups in total. The van der Waals surface area contributed by atoms with Gasteiger partial charge >= 0.3 is 0 Å². The second-order valence-electron chi connectivity index (χ2n) is 11.8. The van der Waals surface area contributed by atoms with Crippen molar-refractivity contribution >= 4 is 16.3 Å². The van der Waals surface area contributed by atoms with E-state index in [1.54, 1.807) is 0 Å². The topological polar surface area (TPSA) is 22.6 Å². The van der Waals surface area contributed by atoms with E-state index >= 15 is 0 Å². The standard InChI is InChI=1S/C37H58NO2/c1-3-5-7-9-11-13-15-17-19-23-27-39-36-30-33-29-35-25-21-22-26-38(35)32-34(33)31-37(36)40-28-24-20-18-16-14-12-10-8-6-4-2/h21-22,25-26,29-32H,3-20,23-24,27-28H2,1-2H3/q+1. The fourth-order valence-corrected chi connectivity index (χ4v) is 5.62. The second kappa shape index (κ2) is 20.6. The number of rotatable bonds is 24. The highest BCUT2D eigenvalue weighted by molar-refractivity contribution is 5.87. The molecule has 3 heteroatoms. The molecule has 0 aliphatic carbocycles. The van der Waals surface area contributed by atoms with Crippen molar-refractivity contribution in [3.05, 3.63) is 48.8 Å². The summed E-state index contributed by atoms with van der Waals surface area (Å²) < 4.78 is 14.9. The van der Waals surface area contributed by atoms with Gasteiger partial charge < -0.3 is 9.47 Å². The molecule has 0 bridgehead atoms. The molecular formula is C37H58NO2+. The summed E-state index contributed by atoms with van der Waals surface area (Å²) in [6.45, 7) is 6.10. The van der Waals surface area contributed by atoms with Crippen molar-refractivity contribution < 1.29 is 13.9 Å². The van der Waals surface area contributed by atoms with Crippen molar-refractivity contribution in [2.45, 2.75) is 142 Å². The van der Waals surface area contributed by atoms with Crippen LogP contribution in [0.25, 0.3) is 16.3 Å². The van der Waals surface area contributed by atoms with Gasteiger partial charge in [0.1, 0.15) is 0 Å². The summed E-state index contributed by atoms with van der Waals surface area (Å²) >= 11 is 0. The Morgan fingerprint density at radius 2 is 0.950 bits per heavy atom. The van der Waals surface area contributed by atoms with Gasteiger partial charge in [0.25, 0.3) is 0 Å². The maximum absolute atomic E-state index is 6.35. The van der Waals surface area contributed by atoms with E-state index in [0.717, 1.165) is 37.6 Å². The van der Waals surface area contributed by atoms with Crippen LogP contribution in [0.4, 0.5) is 0 Å². The molecule has 3 aromatic rings. The molecule has 0 spiro atoms. The molecule has 0 amide bonds. The lowest BCUT2D eigenvalue weighted by atomic mass is 10.1. The molecule has 0 unspecified atom stereocenters. The lowest BCUT2D eigenvalue weighted by Gasteiger charge is -2.14. The van der Waals surface area contributed by atoms with Gasteiger partial charge in [0.05, 0.1) is 18.6 Å². The summed E-state index contributed by atoms with van der Waals surface area (Å²) in [6, 6.07) is 12.9. The van der Waals surface area contributed by atoms with Crippen LogP contribution in [-0.2, 0) is 0 Å². The van der Waals surface area contributed by atoms with E-state index in [1.165, 1.54) is 132 Å². The minimum absolute atomic E-state index is 0.761. The number of hydrogen-bond acceptors (Lipinski definition) is 2. The van der Waals surface area contributed by atoms with Gasteiger partial charge in [-0.25, -0.2) is 0 Å². The zero-order chi connectivity index (χ0) is 28.1. The van der Waals surface area contributed by atoms with Crippen LogP contribution in [0.2, 0.25) is 0 Å². The van der Waals surface area contributed by atoms with Crippen LogP contribution in [0.1, 0.15) is 142 Å². The Bertz CT molecular complexity index is 979. The molecule has 2 heterocycles. The highest BCUT2D eigenvalue weighted by Gasteiger charge is 2.12. The van der Waals surface area contributed by atoms with E-state index in [2.05, 4.69) is 67.0 Å². The Kier molecular flexibility index (Phi) is 16.6. The number of nitrogens with zero attached hydrogens (tertiary/aromatic N) is 1. The number of unbranched alkanes of at least 4 members (excludes halogenated alkanes) is 18. The van der Waals surface area contributed by atoms with E-state index in [4.69, 9.17) is 9.47 Å². The SMILES string of the molecule is CCCCCCCCCCCCOc1cc2cc3cccc[n+]3cc2cc1OCCCCCCCCCCCC. The summed E-state index contributed by atoms with van der Waals surface area (Å²) in [5.41, 5.74) is 1.19. The van der Waals surface area contributed by atoms with Crippen LogP contribution in [0, 0.1) is 0 Å². The zero-order valence-electron chi connectivity index (χ0n) is 25.9. The number of pyridine rings is 2. The van der Waals surface area contributed by atoms with Crippen LogP contribution >= 0.6 is 0 Å². The molecule has 0 saturated heterocycles. The van der Waals surface area contributed by atoms with Crippen molar-refractivity contribution in [2.75, 3.05) is 13.2 Å². The Morgan fingerprint density at radius 3 is 1.45 bits per heavy atom. The van der Waals surface area contributed by atoms with Crippen LogP contribution < -0.4 is 13.9 Å². The van der Waals surface area contributed by atoms with Gasteiger partial charge in [0.2, 0.25) is 5.52 Å².